The van der Waals surface area contributed by atoms with Crippen LogP contribution in [0.3, 0.4) is 0 Å². The van der Waals surface area contributed by atoms with E-state index >= 15 is 0 Å². The highest BCUT2D eigenvalue weighted by Crippen LogP contribution is 1.91. The summed E-state index contributed by atoms with van der Waals surface area (Å²) in [4.78, 5) is 12.4. The minimum absolute atomic E-state index is 0.0120. The zero-order valence-electron chi connectivity index (χ0n) is 9.49. The highest BCUT2D eigenvalue weighted by Gasteiger charge is 2.08. The van der Waals surface area contributed by atoms with Crippen LogP contribution >= 0.6 is 11.6 Å². The maximum atomic E-state index is 11.3. The summed E-state index contributed by atoms with van der Waals surface area (Å²) < 4.78 is 24.9. The van der Waals surface area contributed by atoms with Gasteiger partial charge in [0.1, 0.15) is 0 Å². The lowest BCUT2D eigenvalue weighted by Crippen LogP contribution is -2.40. The molecule has 0 unspecified atom stereocenters. The number of halogens is 1. The number of hydrogen-bond donors (Lipinski definition) is 2. The zero-order chi connectivity index (χ0) is 12.6. The van der Waals surface area contributed by atoms with Gasteiger partial charge < -0.3 is 10.2 Å². The molecule has 0 heterocycles. The Kier molecular flexibility index (Phi) is 7.44. The van der Waals surface area contributed by atoms with Crippen molar-refractivity contribution in [2.24, 2.45) is 0 Å². The van der Waals surface area contributed by atoms with Crippen molar-refractivity contribution < 1.29 is 13.2 Å². The molecule has 0 aliphatic rings. The number of carbonyl (C=O) groups excluding carboxylic acids is 1. The van der Waals surface area contributed by atoms with Crippen molar-refractivity contribution in [1.29, 1.82) is 0 Å². The second kappa shape index (κ2) is 7.70. The minimum atomic E-state index is -3.26. The summed E-state index contributed by atoms with van der Waals surface area (Å²) in [5.74, 6) is 0.330. The fraction of sp³-hybridized carbons (Fsp3) is 0.875. The number of rotatable bonds is 7. The first-order chi connectivity index (χ1) is 7.39. The fourth-order valence-corrected chi connectivity index (χ4v) is 2.22. The van der Waals surface area contributed by atoms with Gasteiger partial charge in [-0.1, -0.05) is 0 Å². The molecule has 0 spiro atoms. The van der Waals surface area contributed by atoms with Gasteiger partial charge in [-0.15, -0.1) is 11.6 Å². The molecule has 0 radical (unpaired) electrons. The van der Waals surface area contributed by atoms with Crippen LogP contribution < -0.4 is 10.0 Å². The number of urea groups is 1. The summed E-state index contributed by atoms with van der Waals surface area (Å²) in [5.41, 5.74) is 0. The zero-order valence-corrected chi connectivity index (χ0v) is 11.1. The van der Waals surface area contributed by atoms with Crippen LogP contribution in [0.2, 0.25) is 0 Å². The molecule has 0 aromatic heterocycles. The smallest absolute Gasteiger partial charge is 0.316 e. The summed E-state index contributed by atoms with van der Waals surface area (Å²) in [5, 5.41) is 2.54. The summed E-state index contributed by atoms with van der Waals surface area (Å²) in [6.45, 7) is 0.446. The topological polar surface area (TPSA) is 78.5 Å². The lowest BCUT2D eigenvalue weighted by Gasteiger charge is -2.12. The van der Waals surface area contributed by atoms with E-state index in [-0.39, 0.29) is 24.9 Å². The number of amides is 2. The van der Waals surface area contributed by atoms with Crippen LogP contribution in [0.15, 0.2) is 0 Å². The van der Waals surface area contributed by atoms with Crippen molar-refractivity contribution in [2.45, 2.75) is 6.42 Å². The van der Waals surface area contributed by atoms with E-state index in [1.165, 1.54) is 4.90 Å². The molecular weight excluding hydrogens is 254 g/mol. The maximum Gasteiger partial charge on any atom is 0.316 e. The Morgan fingerprint density at radius 1 is 1.31 bits per heavy atom. The SMILES string of the molecule is CN(C)C(=O)NCCNS(=O)(=O)CCCCl. The Balaban J connectivity index is 3.70. The van der Waals surface area contributed by atoms with E-state index < -0.39 is 10.0 Å². The summed E-state index contributed by atoms with van der Waals surface area (Å²) in [6, 6.07) is -0.250. The van der Waals surface area contributed by atoms with Crippen molar-refractivity contribution in [3.63, 3.8) is 0 Å². The number of hydrogen-bond acceptors (Lipinski definition) is 3. The van der Waals surface area contributed by atoms with Crippen LogP contribution in [0.25, 0.3) is 0 Å². The molecule has 0 fully saturated rings. The van der Waals surface area contributed by atoms with Crippen molar-refractivity contribution in [2.75, 3.05) is 38.8 Å². The third kappa shape index (κ3) is 7.72. The molecule has 0 bridgehead atoms. The molecule has 96 valence electrons. The standard InChI is InChI=1S/C8H18ClN3O3S/c1-12(2)8(13)10-5-6-11-16(14,15)7-3-4-9/h11H,3-7H2,1-2H3,(H,10,13). The highest BCUT2D eigenvalue weighted by molar-refractivity contribution is 7.89. The third-order valence-corrected chi connectivity index (χ3v) is 3.41. The van der Waals surface area contributed by atoms with Crippen molar-refractivity contribution in [3.8, 4) is 0 Å². The normalized spacial score (nSPS) is 11.2. The van der Waals surface area contributed by atoms with Crippen LogP contribution in [-0.2, 0) is 10.0 Å². The van der Waals surface area contributed by atoms with Gasteiger partial charge >= 0.3 is 6.03 Å². The second-order valence-corrected chi connectivity index (χ2v) is 5.69. The quantitative estimate of drug-likeness (QED) is 0.497. The first-order valence-corrected chi connectivity index (χ1v) is 7.06. The van der Waals surface area contributed by atoms with Crippen molar-refractivity contribution >= 4 is 27.7 Å². The first-order valence-electron chi connectivity index (χ1n) is 4.87. The maximum absolute atomic E-state index is 11.3. The largest absolute Gasteiger partial charge is 0.337 e. The fourth-order valence-electron chi connectivity index (χ4n) is 0.851. The van der Waals surface area contributed by atoms with Gasteiger partial charge in [-0.05, 0) is 6.42 Å². The predicted octanol–water partition coefficient (Wildman–Crippen LogP) is -0.194. The molecular formula is C8H18ClN3O3S. The average Bonchev–Trinajstić information content (AvgIpc) is 2.21. The molecule has 0 saturated heterocycles. The van der Waals surface area contributed by atoms with Gasteiger partial charge in [-0.2, -0.15) is 0 Å². The van der Waals surface area contributed by atoms with E-state index in [9.17, 15) is 13.2 Å². The number of nitrogens with one attached hydrogen (secondary N) is 2. The molecule has 0 aliphatic carbocycles. The first kappa shape index (κ1) is 15.5. The molecule has 16 heavy (non-hydrogen) atoms. The van der Waals surface area contributed by atoms with E-state index in [1.54, 1.807) is 14.1 Å². The van der Waals surface area contributed by atoms with Crippen molar-refractivity contribution in [3.05, 3.63) is 0 Å². The second-order valence-electron chi connectivity index (χ2n) is 3.38. The number of alkyl halides is 1. The number of sulfonamides is 1. The third-order valence-electron chi connectivity index (χ3n) is 1.68. The van der Waals surface area contributed by atoms with Gasteiger partial charge in [-0.3, -0.25) is 0 Å². The Labute approximate surface area is 101 Å². The van der Waals surface area contributed by atoms with Crippen LogP contribution in [-0.4, -0.2) is 58.2 Å². The Morgan fingerprint density at radius 3 is 2.44 bits per heavy atom. The van der Waals surface area contributed by atoms with E-state index in [0.717, 1.165) is 0 Å². The summed E-state index contributed by atoms with van der Waals surface area (Å²) in [7, 11) is -0.0391. The van der Waals surface area contributed by atoms with Crippen LogP contribution in [0, 0.1) is 0 Å². The van der Waals surface area contributed by atoms with Gasteiger partial charge in [0.25, 0.3) is 0 Å². The van der Waals surface area contributed by atoms with Crippen LogP contribution in [0.5, 0.6) is 0 Å². The van der Waals surface area contributed by atoms with Gasteiger partial charge in [0, 0.05) is 33.1 Å². The number of carbonyl (C=O) groups is 1. The van der Waals surface area contributed by atoms with Crippen molar-refractivity contribution in [1.82, 2.24) is 14.9 Å². The van der Waals surface area contributed by atoms with Gasteiger partial charge in [-0.25, -0.2) is 17.9 Å². The highest BCUT2D eigenvalue weighted by atomic mass is 35.5. The lowest BCUT2D eigenvalue weighted by molar-refractivity contribution is 0.217. The molecule has 0 aromatic rings. The van der Waals surface area contributed by atoms with E-state index in [1.807, 2.05) is 0 Å². The molecule has 2 amide bonds. The molecule has 6 nitrogen and oxygen atoms in total. The van der Waals surface area contributed by atoms with E-state index in [4.69, 9.17) is 11.6 Å². The molecule has 0 saturated carbocycles. The minimum Gasteiger partial charge on any atom is -0.337 e. The van der Waals surface area contributed by atoms with E-state index in [0.29, 0.717) is 12.3 Å². The molecule has 8 heteroatoms. The Morgan fingerprint density at radius 2 is 1.94 bits per heavy atom. The van der Waals surface area contributed by atoms with E-state index in [2.05, 4.69) is 10.0 Å². The molecule has 0 atom stereocenters. The van der Waals surface area contributed by atoms with Gasteiger partial charge in [0.15, 0.2) is 0 Å². The molecule has 0 aromatic carbocycles. The molecule has 0 rings (SSSR count). The summed E-state index contributed by atoms with van der Waals surface area (Å²) in [6.07, 6.45) is 0.418. The van der Waals surface area contributed by atoms with Gasteiger partial charge in [0.05, 0.1) is 5.75 Å². The monoisotopic (exact) mass is 271 g/mol. The molecule has 2 N–H and O–H groups in total. The Hall–Kier alpha value is -0.530. The van der Waals surface area contributed by atoms with Gasteiger partial charge in [0.2, 0.25) is 10.0 Å². The van der Waals surface area contributed by atoms with Crippen LogP contribution in [0.4, 0.5) is 4.79 Å². The number of nitrogens with zero attached hydrogens (tertiary/aromatic N) is 1. The Bertz CT molecular complexity index is 306. The molecule has 0 aliphatic heterocycles. The summed E-state index contributed by atoms with van der Waals surface area (Å²) >= 11 is 5.39. The lowest BCUT2D eigenvalue weighted by atomic mass is 10.6. The van der Waals surface area contributed by atoms with Crippen LogP contribution in [0.1, 0.15) is 6.42 Å². The predicted molar refractivity (Wildman–Crippen MR) is 64.2 cm³/mol. The average molecular weight is 272 g/mol.